The van der Waals surface area contributed by atoms with Crippen molar-refractivity contribution in [1.29, 1.82) is 0 Å². The minimum Gasteiger partial charge on any atom is -0.391 e. The molecule has 0 spiro atoms. The number of nitrogens with two attached hydrogens (primary N) is 2. The van der Waals surface area contributed by atoms with Crippen molar-refractivity contribution in [2.24, 2.45) is 11.5 Å². The van der Waals surface area contributed by atoms with E-state index >= 15 is 0 Å². The van der Waals surface area contributed by atoms with E-state index in [-0.39, 0.29) is 19.4 Å². The lowest BCUT2D eigenvalue weighted by atomic mass is 9.86. The van der Waals surface area contributed by atoms with Crippen LogP contribution in [0.1, 0.15) is 45.1 Å². The SMILES string of the molecule is C[C@H](O)C(N)C(=O)N1CCCC1C(=O)N(C(=O)C1(Cc2ccccc2)CCCN1)[C@H](C(N)=O)[C@@H](C)O. The summed E-state index contributed by atoms with van der Waals surface area (Å²) in [7, 11) is 0. The summed E-state index contributed by atoms with van der Waals surface area (Å²) in [6, 6.07) is 5.35. The summed E-state index contributed by atoms with van der Waals surface area (Å²) in [5.41, 5.74) is 11.1. The van der Waals surface area contributed by atoms with Gasteiger partial charge in [-0.25, -0.2) is 0 Å². The maximum atomic E-state index is 14.2. The van der Waals surface area contributed by atoms with Gasteiger partial charge in [0.15, 0.2) is 0 Å². The number of benzene rings is 1. The Bertz CT molecular complexity index is 963. The molecule has 2 fully saturated rings. The van der Waals surface area contributed by atoms with Gasteiger partial charge in [-0.05, 0) is 58.1 Å². The Morgan fingerprint density at radius 3 is 2.33 bits per heavy atom. The topological polar surface area (TPSA) is 179 Å². The molecule has 3 rings (SSSR count). The summed E-state index contributed by atoms with van der Waals surface area (Å²) in [6.07, 6.45) is -0.507. The Hall–Kier alpha value is -2.86. The fourth-order valence-electron chi connectivity index (χ4n) is 5.18. The first kappa shape index (κ1) is 27.7. The van der Waals surface area contributed by atoms with Gasteiger partial charge in [0.1, 0.15) is 23.7 Å². The van der Waals surface area contributed by atoms with E-state index in [2.05, 4.69) is 5.32 Å². The number of amides is 4. The van der Waals surface area contributed by atoms with E-state index in [1.165, 1.54) is 18.7 Å². The third kappa shape index (κ3) is 5.59. The molecule has 2 saturated heterocycles. The first-order valence-corrected chi connectivity index (χ1v) is 12.4. The number of carbonyl (C=O) groups excluding carboxylic acids is 4. The molecule has 0 radical (unpaired) electrons. The van der Waals surface area contributed by atoms with Gasteiger partial charge in [-0.15, -0.1) is 0 Å². The summed E-state index contributed by atoms with van der Waals surface area (Å²) in [4.78, 5) is 55.5. The molecule has 2 heterocycles. The van der Waals surface area contributed by atoms with Gasteiger partial charge in [-0.3, -0.25) is 24.1 Å². The molecule has 4 amide bonds. The fraction of sp³-hybridized carbons (Fsp3) is 0.600. The van der Waals surface area contributed by atoms with Crippen molar-refractivity contribution in [2.75, 3.05) is 13.1 Å². The maximum Gasteiger partial charge on any atom is 0.252 e. The van der Waals surface area contributed by atoms with Gasteiger partial charge < -0.3 is 31.9 Å². The van der Waals surface area contributed by atoms with Crippen molar-refractivity contribution in [1.82, 2.24) is 15.1 Å². The quantitative estimate of drug-likeness (QED) is 0.256. The molecule has 0 aromatic heterocycles. The minimum absolute atomic E-state index is 0.209. The van der Waals surface area contributed by atoms with Gasteiger partial charge in [0.2, 0.25) is 11.8 Å². The van der Waals surface area contributed by atoms with Crippen molar-refractivity contribution < 1.29 is 29.4 Å². The average Bonchev–Trinajstić information content (AvgIpc) is 3.51. The minimum atomic E-state index is -1.62. The Morgan fingerprint density at radius 1 is 1.14 bits per heavy atom. The molecule has 36 heavy (non-hydrogen) atoms. The molecule has 2 aliphatic heterocycles. The predicted molar refractivity (Wildman–Crippen MR) is 131 cm³/mol. The van der Waals surface area contributed by atoms with Crippen LogP contribution in [0.4, 0.5) is 0 Å². The fourth-order valence-corrected chi connectivity index (χ4v) is 5.18. The number of nitrogens with zero attached hydrogens (tertiary/aromatic N) is 2. The zero-order valence-corrected chi connectivity index (χ0v) is 20.8. The second kappa shape index (κ2) is 11.5. The number of aliphatic hydroxyl groups excluding tert-OH is 2. The molecule has 0 bridgehead atoms. The summed E-state index contributed by atoms with van der Waals surface area (Å²) in [5.74, 6) is -3.12. The Kier molecular flexibility index (Phi) is 8.83. The summed E-state index contributed by atoms with van der Waals surface area (Å²) < 4.78 is 0. The van der Waals surface area contributed by atoms with Crippen molar-refractivity contribution in [3.63, 3.8) is 0 Å². The maximum absolute atomic E-state index is 14.2. The Labute approximate surface area is 210 Å². The van der Waals surface area contributed by atoms with E-state index in [0.29, 0.717) is 25.8 Å². The number of hydrogen-bond donors (Lipinski definition) is 5. The van der Waals surface area contributed by atoms with Crippen LogP contribution in [0, 0.1) is 0 Å². The van der Waals surface area contributed by atoms with Gasteiger partial charge in [-0.2, -0.15) is 0 Å². The molecule has 11 heteroatoms. The Morgan fingerprint density at radius 2 is 1.81 bits per heavy atom. The van der Waals surface area contributed by atoms with E-state index in [1.807, 2.05) is 30.3 Å². The lowest BCUT2D eigenvalue weighted by molar-refractivity contribution is -0.162. The van der Waals surface area contributed by atoms with Gasteiger partial charge in [0.05, 0.1) is 12.2 Å². The van der Waals surface area contributed by atoms with Crippen LogP contribution in [0.3, 0.4) is 0 Å². The van der Waals surface area contributed by atoms with Crippen LogP contribution in [0.5, 0.6) is 0 Å². The number of imide groups is 1. The van der Waals surface area contributed by atoms with Gasteiger partial charge in [-0.1, -0.05) is 30.3 Å². The lowest BCUT2D eigenvalue weighted by Gasteiger charge is -2.40. The lowest BCUT2D eigenvalue weighted by Crippen LogP contribution is -2.67. The zero-order chi connectivity index (χ0) is 26.6. The first-order chi connectivity index (χ1) is 17.0. The number of aliphatic hydroxyl groups is 2. The molecule has 3 unspecified atom stereocenters. The smallest absolute Gasteiger partial charge is 0.252 e. The van der Waals surface area contributed by atoms with Crippen LogP contribution in [-0.4, -0.2) is 92.6 Å². The van der Waals surface area contributed by atoms with Crippen LogP contribution in [0.15, 0.2) is 30.3 Å². The molecule has 7 N–H and O–H groups in total. The third-order valence-corrected chi connectivity index (χ3v) is 7.11. The number of rotatable bonds is 9. The molecular formula is C25H37N5O6. The molecular weight excluding hydrogens is 466 g/mol. The molecule has 1 aromatic carbocycles. The van der Waals surface area contributed by atoms with Crippen molar-refractivity contribution in [3.8, 4) is 0 Å². The van der Waals surface area contributed by atoms with E-state index in [9.17, 15) is 29.4 Å². The summed E-state index contributed by atoms with van der Waals surface area (Å²) in [6.45, 7) is 3.41. The molecule has 11 nitrogen and oxygen atoms in total. The monoisotopic (exact) mass is 503 g/mol. The van der Waals surface area contributed by atoms with E-state index in [1.54, 1.807) is 0 Å². The molecule has 2 aliphatic rings. The van der Waals surface area contributed by atoms with Crippen LogP contribution < -0.4 is 16.8 Å². The summed E-state index contributed by atoms with van der Waals surface area (Å²) >= 11 is 0. The predicted octanol–water partition coefficient (Wildman–Crippen LogP) is -1.36. The van der Waals surface area contributed by atoms with Crippen molar-refractivity contribution in [3.05, 3.63) is 35.9 Å². The van der Waals surface area contributed by atoms with Crippen molar-refractivity contribution >= 4 is 23.6 Å². The van der Waals surface area contributed by atoms with Crippen LogP contribution in [0.25, 0.3) is 0 Å². The highest BCUT2D eigenvalue weighted by molar-refractivity contribution is 6.07. The highest BCUT2D eigenvalue weighted by atomic mass is 16.3. The zero-order valence-electron chi connectivity index (χ0n) is 20.8. The number of primary amides is 1. The highest BCUT2D eigenvalue weighted by Crippen LogP contribution is 2.30. The molecule has 198 valence electrons. The largest absolute Gasteiger partial charge is 0.391 e. The highest BCUT2D eigenvalue weighted by Gasteiger charge is 2.51. The second-order valence-electron chi connectivity index (χ2n) is 9.83. The first-order valence-electron chi connectivity index (χ1n) is 12.4. The molecule has 1 aromatic rings. The van der Waals surface area contributed by atoms with Crippen molar-refractivity contribution in [2.45, 2.75) is 81.8 Å². The molecule has 0 aliphatic carbocycles. The number of likely N-dealkylation sites (tertiary alicyclic amines) is 1. The second-order valence-corrected chi connectivity index (χ2v) is 9.83. The summed E-state index contributed by atoms with van der Waals surface area (Å²) in [5, 5.41) is 23.5. The molecule has 6 atom stereocenters. The van der Waals surface area contributed by atoms with E-state index in [0.717, 1.165) is 10.5 Å². The normalized spacial score (nSPS) is 25.1. The number of nitrogens with one attached hydrogen (secondary N) is 1. The third-order valence-electron chi connectivity index (χ3n) is 7.11. The van der Waals surface area contributed by atoms with Gasteiger partial charge in [0.25, 0.3) is 11.8 Å². The van der Waals surface area contributed by atoms with E-state index in [4.69, 9.17) is 11.5 Å². The van der Waals surface area contributed by atoms with Gasteiger partial charge >= 0.3 is 0 Å². The number of carbonyl (C=O) groups is 4. The Balaban J connectivity index is 2.02. The van der Waals surface area contributed by atoms with Gasteiger partial charge in [0, 0.05) is 6.54 Å². The van der Waals surface area contributed by atoms with Crippen LogP contribution in [0.2, 0.25) is 0 Å². The standard InChI is InChI=1S/C25H37N5O6/c1-15(31)19(26)23(35)29-13-6-10-18(29)22(34)30(20(16(2)32)21(27)33)24(36)25(11-7-12-28-25)14-17-8-4-3-5-9-17/h3-5,8-9,15-16,18-20,28,31-32H,6-7,10-14,26H2,1-2H3,(H2,27,33)/t15-,16+,18?,19?,20-,25?/m0/s1. The average molecular weight is 504 g/mol. The number of hydrogen-bond acceptors (Lipinski definition) is 8. The molecule has 0 saturated carbocycles. The van der Waals surface area contributed by atoms with Crippen LogP contribution in [-0.2, 0) is 25.6 Å². The van der Waals surface area contributed by atoms with Crippen LogP contribution >= 0.6 is 0 Å². The van der Waals surface area contributed by atoms with E-state index < -0.39 is 59.5 Å².